The van der Waals surface area contributed by atoms with E-state index in [-0.39, 0.29) is 29.8 Å². The third-order valence-corrected chi connectivity index (χ3v) is 3.92. The molecule has 0 saturated heterocycles. The zero-order valence-corrected chi connectivity index (χ0v) is 12.9. The fourth-order valence-electron chi connectivity index (χ4n) is 2.58. The Hall–Kier alpha value is -1.65. The van der Waals surface area contributed by atoms with Gasteiger partial charge in [-0.2, -0.15) is 5.10 Å². The van der Waals surface area contributed by atoms with Crippen LogP contribution in [0, 0.1) is 17.3 Å². The molecule has 20 heavy (non-hydrogen) atoms. The van der Waals surface area contributed by atoms with E-state index in [0.29, 0.717) is 5.82 Å². The number of aromatic amines is 1. The van der Waals surface area contributed by atoms with E-state index in [1.165, 1.54) is 5.57 Å². The standard InChI is InChI=1S/C15H23N3O2/c1-6-11-16-12(18-17-11)8-20-14(19)13-10(7-9(2)3)15(13,4)5/h7,10,13H,6,8H2,1-5H3,(H,16,17,18)/t10-,13+/m1/s1. The van der Waals surface area contributed by atoms with Crippen LogP contribution in [-0.4, -0.2) is 21.2 Å². The number of nitrogens with one attached hydrogen (secondary N) is 1. The number of carbonyl (C=O) groups is 1. The summed E-state index contributed by atoms with van der Waals surface area (Å²) in [4.78, 5) is 16.4. The third-order valence-electron chi connectivity index (χ3n) is 3.92. The first-order valence-corrected chi connectivity index (χ1v) is 7.08. The maximum absolute atomic E-state index is 12.1. The van der Waals surface area contributed by atoms with Crippen LogP contribution in [0.3, 0.4) is 0 Å². The topological polar surface area (TPSA) is 67.9 Å². The number of hydrogen-bond acceptors (Lipinski definition) is 4. The Bertz CT molecular complexity index is 527. The molecular formula is C15H23N3O2. The van der Waals surface area contributed by atoms with Gasteiger partial charge in [0.2, 0.25) is 0 Å². The molecule has 2 atom stereocenters. The lowest BCUT2D eigenvalue weighted by molar-refractivity contribution is -0.147. The molecule has 0 spiro atoms. The molecule has 110 valence electrons. The molecule has 0 amide bonds. The van der Waals surface area contributed by atoms with Crippen molar-refractivity contribution < 1.29 is 9.53 Å². The van der Waals surface area contributed by atoms with E-state index in [2.05, 4.69) is 49.0 Å². The molecule has 1 fully saturated rings. The number of rotatable bonds is 5. The lowest BCUT2D eigenvalue weighted by Crippen LogP contribution is -2.11. The van der Waals surface area contributed by atoms with Crippen LogP contribution in [0.5, 0.6) is 0 Å². The van der Waals surface area contributed by atoms with Crippen LogP contribution in [0.1, 0.15) is 46.3 Å². The summed E-state index contributed by atoms with van der Waals surface area (Å²) in [7, 11) is 0. The number of aryl methyl sites for hydroxylation is 1. The van der Waals surface area contributed by atoms with Gasteiger partial charge in [0, 0.05) is 6.42 Å². The van der Waals surface area contributed by atoms with Crippen molar-refractivity contribution in [3.8, 4) is 0 Å². The van der Waals surface area contributed by atoms with E-state index in [1.807, 2.05) is 6.92 Å². The lowest BCUT2D eigenvalue weighted by Gasteiger charge is -2.03. The van der Waals surface area contributed by atoms with Gasteiger partial charge in [-0.25, -0.2) is 4.98 Å². The summed E-state index contributed by atoms with van der Waals surface area (Å²) in [5, 5.41) is 6.80. The average Bonchev–Trinajstić information content (AvgIpc) is 2.77. The Balaban J connectivity index is 1.91. The van der Waals surface area contributed by atoms with Crippen molar-refractivity contribution in [1.82, 2.24) is 15.2 Å². The highest BCUT2D eigenvalue weighted by Crippen LogP contribution is 2.59. The second kappa shape index (κ2) is 5.38. The van der Waals surface area contributed by atoms with Gasteiger partial charge in [-0.15, -0.1) is 0 Å². The highest BCUT2D eigenvalue weighted by molar-refractivity contribution is 5.78. The third kappa shape index (κ3) is 2.92. The maximum atomic E-state index is 12.1. The molecule has 1 heterocycles. The molecule has 0 bridgehead atoms. The van der Waals surface area contributed by atoms with E-state index < -0.39 is 0 Å². The summed E-state index contributed by atoms with van der Waals surface area (Å²) in [6.07, 6.45) is 2.93. The number of aromatic nitrogens is 3. The van der Waals surface area contributed by atoms with Crippen molar-refractivity contribution >= 4 is 5.97 Å². The largest absolute Gasteiger partial charge is 0.457 e. The quantitative estimate of drug-likeness (QED) is 0.663. The van der Waals surface area contributed by atoms with E-state index in [4.69, 9.17) is 4.74 Å². The summed E-state index contributed by atoms with van der Waals surface area (Å²) >= 11 is 0. The predicted molar refractivity (Wildman–Crippen MR) is 75.7 cm³/mol. The minimum atomic E-state index is -0.146. The van der Waals surface area contributed by atoms with Crippen LogP contribution < -0.4 is 0 Å². The van der Waals surface area contributed by atoms with Crippen molar-refractivity contribution in [2.24, 2.45) is 17.3 Å². The molecule has 1 saturated carbocycles. The zero-order valence-electron chi connectivity index (χ0n) is 12.9. The van der Waals surface area contributed by atoms with Crippen molar-refractivity contribution in [3.05, 3.63) is 23.3 Å². The average molecular weight is 277 g/mol. The van der Waals surface area contributed by atoms with Crippen LogP contribution in [0.15, 0.2) is 11.6 Å². The van der Waals surface area contributed by atoms with Crippen LogP contribution in [-0.2, 0) is 22.6 Å². The number of nitrogens with zero attached hydrogens (tertiary/aromatic N) is 2. The lowest BCUT2D eigenvalue weighted by atomic mass is 10.1. The highest BCUT2D eigenvalue weighted by atomic mass is 16.5. The first kappa shape index (κ1) is 14.8. The van der Waals surface area contributed by atoms with E-state index >= 15 is 0 Å². The molecule has 1 aliphatic carbocycles. The number of allylic oxidation sites excluding steroid dienone is 2. The van der Waals surface area contributed by atoms with Crippen LogP contribution in [0.2, 0.25) is 0 Å². The SMILES string of the molecule is CCc1n[nH]c(COC(=O)[C@@H]2[C@@H](C=C(C)C)C2(C)C)n1. The minimum absolute atomic E-state index is 0.00958. The van der Waals surface area contributed by atoms with Gasteiger partial charge in [0.1, 0.15) is 0 Å². The fourth-order valence-corrected chi connectivity index (χ4v) is 2.58. The van der Waals surface area contributed by atoms with Crippen LogP contribution in [0.25, 0.3) is 0 Å². The number of esters is 1. The molecule has 5 nitrogen and oxygen atoms in total. The molecule has 1 N–H and O–H groups in total. The normalized spacial score (nSPS) is 23.2. The van der Waals surface area contributed by atoms with Crippen molar-refractivity contribution in [2.75, 3.05) is 0 Å². The van der Waals surface area contributed by atoms with Gasteiger partial charge < -0.3 is 4.74 Å². The first-order valence-electron chi connectivity index (χ1n) is 7.08. The molecule has 0 radical (unpaired) electrons. The molecule has 1 aliphatic rings. The van der Waals surface area contributed by atoms with Gasteiger partial charge in [0.15, 0.2) is 18.3 Å². The van der Waals surface area contributed by atoms with Gasteiger partial charge >= 0.3 is 5.97 Å². The highest BCUT2D eigenvalue weighted by Gasteiger charge is 2.61. The molecule has 1 aromatic heterocycles. The van der Waals surface area contributed by atoms with Gasteiger partial charge in [0.05, 0.1) is 5.92 Å². The molecular weight excluding hydrogens is 254 g/mol. The minimum Gasteiger partial charge on any atom is -0.457 e. The molecule has 0 aliphatic heterocycles. The molecule has 1 aromatic rings. The Kier molecular flexibility index (Phi) is 3.97. The zero-order chi connectivity index (χ0) is 14.9. The maximum Gasteiger partial charge on any atom is 0.310 e. The predicted octanol–water partition coefficient (Wildman–Crippen LogP) is 2.65. The van der Waals surface area contributed by atoms with Gasteiger partial charge in [-0.3, -0.25) is 9.89 Å². The Labute approximate surface area is 119 Å². The first-order chi connectivity index (χ1) is 9.36. The molecule has 0 unspecified atom stereocenters. The Morgan fingerprint density at radius 3 is 2.70 bits per heavy atom. The fraction of sp³-hybridized carbons (Fsp3) is 0.667. The summed E-state index contributed by atoms with van der Waals surface area (Å²) < 4.78 is 5.36. The van der Waals surface area contributed by atoms with Gasteiger partial charge in [-0.1, -0.05) is 32.4 Å². The van der Waals surface area contributed by atoms with Gasteiger partial charge in [-0.05, 0) is 25.2 Å². The molecule has 5 heteroatoms. The second-order valence-corrected chi connectivity index (χ2v) is 6.23. The summed E-state index contributed by atoms with van der Waals surface area (Å²) in [6.45, 7) is 10.5. The second-order valence-electron chi connectivity index (χ2n) is 6.23. The summed E-state index contributed by atoms with van der Waals surface area (Å²) in [6, 6.07) is 0. The Morgan fingerprint density at radius 2 is 2.15 bits per heavy atom. The number of hydrogen-bond donors (Lipinski definition) is 1. The number of carbonyl (C=O) groups excluding carboxylic acids is 1. The van der Waals surface area contributed by atoms with Crippen LogP contribution in [0.4, 0.5) is 0 Å². The molecule has 0 aromatic carbocycles. The van der Waals surface area contributed by atoms with E-state index in [1.54, 1.807) is 0 Å². The van der Waals surface area contributed by atoms with Crippen molar-refractivity contribution in [2.45, 2.75) is 47.6 Å². The molecule has 2 rings (SSSR count). The number of H-pyrrole nitrogens is 1. The van der Waals surface area contributed by atoms with E-state index in [0.717, 1.165) is 12.2 Å². The van der Waals surface area contributed by atoms with Gasteiger partial charge in [0.25, 0.3) is 0 Å². The van der Waals surface area contributed by atoms with Crippen molar-refractivity contribution in [3.63, 3.8) is 0 Å². The smallest absolute Gasteiger partial charge is 0.310 e. The summed E-state index contributed by atoms with van der Waals surface area (Å²) in [5.41, 5.74) is 1.23. The van der Waals surface area contributed by atoms with Crippen molar-refractivity contribution in [1.29, 1.82) is 0 Å². The summed E-state index contributed by atoms with van der Waals surface area (Å²) in [5.74, 6) is 1.43. The van der Waals surface area contributed by atoms with E-state index in [9.17, 15) is 4.79 Å². The monoisotopic (exact) mass is 277 g/mol. The van der Waals surface area contributed by atoms with Crippen LogP contribution >= 0.6 is 0 Å². The number of ether oxygens (including phenoxy) is 1. The Morgan fingerprint density at radius 1 is 1.45 bits per heavy atom.